The quantitative estimate of drug-likeness (QED) is 0.153. The fourth-order valence-electron chi connectivity index (χ4n) is 15.2. The molecule has 5 aliphatic rings. The summed E-state index contributed by atoms with van der Waals surface area (Å²) >= 11 is 0. The lowest BCUT2D eigenvalue weighted by Crippen LogP contribution is -2.61. The van der Waals surface area contributed by atoms with Crippen LogP contribution in [0.25, 0.3) is 11.1 Å². The highest BCUT2D eigenvalue weighted by atomic mass is 15.2. The van der Waals surface area contributed by atoms with Gasteiger partial charge in [-0.3, -0.25) is 0 Å². The van der Waals surface area contributed by atoms with E-state index in [0.717, 1.165) is 5.92 Å². The highest BCUT2D eigenvalue weighted by molar-refractivity contribution is 7.00. The van der Waals surface area contributed by atoms with Gasteiger partial charge in [-0.1, -0.05) is 175 Å². The van der Waals surface area contributed by atoms with E-state index in [4.69, 9.17) is 0 Å². The maximum absolute atomic E-state index is 2.73. The summed E-state index contributed by atoms with van der Waals surface area (Å²) in [5.41, 5.74) is 25.3. The molecule has 0 N–H and O–H groups in total. The molecular formula is C67H81BN2. The smallest absolute Gasteiger partial charge is 0.252 e. The molecule has 0 amide bonds. The molecule has 6 aromatic rings. The lowest BCUT2D eigenvalue weighted by molar-refractivity contribution is 0.0949. The van der Waals surface area contributed by atoms with Crippen LogP contribution in [0, 0.1) is 54.3 Å². The molecule has 2 aliphatic heterocycles. The Labute approximate surface area is 423 Å². The van der Waals surface area contributed by atoms with Crippen molar-refractivity contribution < 1.29 is 0 Å². The van der Waals surface area contributed by atoms with Crippen LogP contribution < -0.4 is 26.2 Å². The van der Waals surface area contributed by atoms with E-state index >= 15 is 0 Å². The summed E-state index contributed by atoms with van der Waals surface area (Å²) in [4.78, 5) is 5.40. The number of nitrogens with zero attached hydrogens (tertiary/aromatic N) is 2. The Balaban J connectivity index is 1.20. The molecule has 0 aromatic heterocycles. The summed E-state index contributed by atoms with van der Waals surface area (Å²) in [6.07, 6.45) is 5.05. The van der Waals surface area contributed by atoms with Crippen molar-refractivity contribution >= 4 is 57.2 Å². The molecule has 11 rings (SSSR count). The number of anilines is 6. The summed E-state index contributed by atoms with van der Waals surface area (Å²) in [6.45, 7) is 41.4. The predicted octanol–water partition coefficient (Wildman–Crippen LogP) is 17.1. The second kappa shape index (κ2) is 15.5. The molecule has 2 nitrogen and oxygen atoms in total. The molecule has 362 valence electrons. The zero-order chi connectivity index (χ0) is 50.0. The summed E-state index contributed by atoms with van der Waals surface area (Å²) in [5.74, 6) is 2.44. The fourth-order valence-corrected chi connectivity index (χ4v) is 15.2. The molecule has 3 aliphatic carbocycles. The zero-order valence-corrected chi connectivity index (χ0v) is 46.0. The van der Waals surface area contributed by atoms with E-state index in [2.05, 4.69) is 237 Å². The minimum absolute atomic E-state index is 0.00817. The van der Waals surface area contributed by atoms with E-state index in [9.17, 15) is 0 Å². The summed E-state index contributed by atoms with van der Waals surface area (Å²) in [5, 5.41) is 0. The summed E-state index contributed by atoms with van der Waals surface area (Å²) in [6, 6.07) is 44.7. The summed E-state index contributed by atoms with van der Waals surface area (Å²) < 4.78 is 0. The van der Waals surface area contributed by atoms with Crippen LogP contribution in [0.15, 0.2) is 109 Å². The molecule has 3 fully saturated rings. The van der Waals surface area contributed by atoms with E-state index in [1.165, 1.54) is 126 Å². The van der Waals surface area contributed by atoms with Gasteiger partial charge in [0.2, 0.25) is 0 Å². The SMILES string of the molecule is CCC1CC(c2ccc3c(c2)N(c2cccc(C4CC(C)C5(C)CC45C)c2)c2cc(C)cc4c2B3c2cc(C(C)(C)C)ccc2N4c2ccc(C(C)(C)C)cc2-c2cc(C)cc(C)c2)C(C)(C)C1(C)C. The molecule has 6 unspecified atom stereocenters. The molecule has 0 radical (unpaired) electrons. The van der Waals surface area contributed by atoms with Gasteiger partial charge in [0.15, 0.2) is 0 Å². The van der Waals surface area contributed by atoms with Crippen LogP contribution in [0.4, 0.5) is 34.1 Å². The third kappa shape index (κ3) is 6.85. The highest BCUT2D eigenvalue weighted by Gasteiger charge is 2.71. The van der Waals surface area contributed by atoms with Gasteiger partial charge in [0.05, 0.1) is 5.69 Å². The molecule has 0 bridgehead atoms. The Bertz CT molecular complexity index is 3100. The molecule has 70 heavy (non-hydrogen) atoms. The van der Waals surface area contributed by atoms with E-state index in [-0.39, 0.29) is 28.4 Å². The van der Waals surface area contributed by atoms with Gasteiger partial charge in [-0.15, -0.1) is 0 Å². The van der Waals surface area contributed by atoms with Crippen LogP contribution in [-0.4, -0.2) is 6.71 Å². The maximum Gasteiger partial charge on any atom is 0.252 e. The van der Waals surface area contributed by atoms with Crippen LogP contribution in [0.2, 0.25) is 0 Å². The van der Waals surface area contributed by atoms with Gasteiger partial charge in [-0.05, 0) is 194 Å². The van der Waals surface area contributed by atoms with Gasteiger partial charge in [0.25, 0.3) is 6.71 Å². The van der Waals surface area contributed by atoms with Gasteiger partial charge >= 0.3 is 0 Å². The van der Waals surface area contributed by atoms with Crippen LogP contribution in [0.5, 0.6) is 0 Å². The largest absolute Gasteiger partial charge is 0.311 e. The number of hydrogen-bond acceptors (Lipinski definition) is 2. The third-order valence-corrected chi connectivity index (χ3v) is 20.6. The van der Waals surface area contributed by atoms with E-state index in [0.29, 0.717) is 28.6 Å². The summed E-state index contributed by atoms with van der Waals surface area (Å²) in [7, 11) is 0. The predicted molar refractivity (Wildman–Crippen MR) is 304 cm³/mol. The highest BCUT2D eigenvalue weighted by Crippen LogP contribution is 2.80. The molecule has 6 atom stereocenters. The first kappa shape index (κ1) is 47.3. The Hall–Kier alpha value is -5.02. The van der Waals surface area contributed by atoms with Crippen molar-refractivity contribution in [2.75, 3.05) is 9.80 Å². The maximum atomic E-state index is 2.73. The molecular weight excluding hydrogens is 844 g/mol. The third-order valence-electron chi connectivity index (χ3n) is 20.6. The Kier molecular flexibility index (Phi) is 10.5. The van der Waals surface area contributed by atoms with Gasteiger partial charge < -0.3 is 9.80 Å². The molecule has 0 spiro atoms. The normalized spacial score (nSPS) is 25.9. The van der Waals surface area contributed by atoms with Crippen molar-refractivity contribution in [1.82, 2.24) is 0 Å². The molecule has 3 saturated carbocycles. The molecule has 6 aromatic carbocycles. The van der Waals surface area contributed by atoms with Gasteiger partial charge in [-0.2, -0.15) is 0 Å². The first-order chi connectivity index (χ1) is 32.8. The van der Waals surface area contributed by atoms with Crippen molar-refractivity contribution in [3.63, 3.8) is 0 Å². The van der Waals surface area contributed by atoms with Gasteiger partial charge in [0, 0.05) is 34.0 Å². The standard InChI is InChI=1S/C67H81BN2/c1-18-47-37-52(65(14,15)64(47,12)13)45-22-25-54-58(35-45)69(50-21-19-20-44(34-50)53-33-43(5)66(16)39-67(53,66)17)59-31-42(4)32-60-61(59)68(54)55-38-49(63(9,10)11)24-27-57(55)70(60)56-26-23-48(62(6,7)8)36-51(56)46-29-40(2)28-41(3)30-46/h19-32,34-36,38,43,47,52-53H,18,33,37,39H2,1-17H3. The Morgan fingerprint density at radius 2 is 1.16 bits per heavy atom. The number of benzene rings is 6. The minimum atomic E-state index is -0.0225. The number of fused-ring (bicyclic) bond motifs is 5. The lowest BCUT2D eigenvalue weighted by atomic mass is 9.33. The second-order valence-corrected chi connectivity index (χ2v) is 27.2. The van der Waals surface area contributed by atoms with Crippen LogP contribution >= 0.6 is 0 Å². The monoisotopic (exact) mass is 925 g/mol. The number of rotatable bonds is 6. The first-order valence-electron chi connectivity index (χ1n) is 27.1. The van der Waals surface area contributed by atoms with Gasteiger partial charge in [0.1, 0.15) is 0 Å². The first-order valence-corrected chi connectivity index (χ1v) is 27.1. The average molecular weight is 925 g/mol. The lowest BCUT2D eigenvalue weighted by Gasteiger charge is -2.46. The van der Waals surface area contributed by atoms with Crippen LogP contribution in [0.1, 0.15) is 173 Å². The van der Waals surface area contributed by atoms with Crippen molar-refractivity contribution in [3.05, 3.63) is 148 Å². The average Bonchev–Trinajstić information content (AvgIpc) is 3.74. The van der Waals surface area contributed by atoms with Crippen LogP contribution in [-0.2, 0) is 10.8 Å². The van der Waals surface area contributed by atoms with E-state index < -0.39 is 0 Å². The minimum Gasteiger partial charge on any atom is -0.311 e. The number of hydrogen-bond donors (Lipinski definition) is 0. The van der Waals surface area contributed by atoms with E-state index in [1.807, 2.05) is 0 Å². The molecule has 3 heteroatoms. The van der Waals surface area contributed by atoms with Crippen molar-refractivity contribution in [3.8, 4) is 11.1 Å². The molecule has 0 saturated heterocycles. The van der Waals surface area contributed by atoms with Crippen molar-refractivity contribution in [2.24, 2.45) is 33.5 Å². The molecule has 2 heterocycles. The zero-order valence-electron chi connectivity index (χ0n) is 46.0. The van der Waals surface area contributed by atoms with Crippen LogP contribution in [0.3, 0.4) is 0 Å². The van der Waals surface area contributed by atoms with E-state index in [1.54, 1.807) is 0 Å². The van der Waals surface area contributed by atoms with Crippen molar-refractivity contribution in [2.45, 2.75) is 166 Å². The second-order valence-electron chi connectivity index (χ2n) is 27.2. The number of aryl methyl sites for hydroxylation is 3. The fraction of sp³-hybridized carbons (Fsp3) is 0.463. The topological polar surface area (TPSA) is 6.48 Å². The Morgan fingerprint density at radius 1 is 0.543 bits per heavy atom. The van der Waals surface area contributed by atoms with Gasteiger partial charge in [-0.25, -0.2) is 0 Å². The Morgan fingerprint density at radius 3 is 1.76 bits per heavy atom. The van der Waals surface area contributed by atoms with Crippen molar-refractivity contribution in [1.29, 1.82) is 0 Å².